The van der Waals surface area contributed by atoms with Crippen LogP contribution in [-0.2, 0) is 14.8 Å². The second-order valence-corrected chi connectivity index (χ2v) is 9.42. The van der Waals surface area contributed by atoms with E-state index in [4.69, 9.17) is 9.47 Å². The summed E-state index contributed by atoms with van der Waals surface area (Å²) in [4.78, 5) is 13.1. The monoisotopic (exact) mass is 468 g/mol. The average Bonchev–Trinajstić information content (AvgIpc) is 2.83. The van der Waals surface area contributed by atoms with Crippen LogP contribution >= 0.6 is 0 Å². The molecular weight excluding hydrogens is 440 g/mol. The SMILES string of the molecule is COc1ccc(OC)c(N(CC(=O)NC(C)c2ccc(C)cc2)S(=O)(=O)c2ccccc2)c1. The van der Waals surface area contributed by atoms with Crippen molar-refractivity contribution in [1.82, 2.24) is 5.32 Å². The first-order valence-corrected chi connectivity index (χ1v) is 11.9. The van der Waals surface area contributed by atoms with Crippen LogP contribution in [0.1, 0.15) is 24.1 Å². The van der Waals surface area contributed by atoms with E-state index in [2.05, 4.69) is 5.32 Å². The molecule has 0 aromatic heterocycles. The van der Waals surface area contributed by atoms with Crippen LogP contribution in [0.15, 0.2) is 77.7 Å². The molecule has 1 amide bonds. The van der Waals surface area contributed by atoms with Gasteiger partial charge in [-0.3, -0.25) is 9.10 Å². The van der Waals surface area contributed by atoms with Gasteiger partial charge in [-0.15, -0.1) is 0 Å². The van der Waals surface area contributed by atoms with E-state index in [1.807, 2.05) is 38.1 Å². The minimum atomic E-state index is -4.08. The number of carbonyl (C=O) groups is 1. The molecule has 8 heteroatoms. The average molecular weight is 469 g/mol. The quantitative estimate of drug-likeness (QED) is 0.511. The summed E-state index contributed by atoms with van der Waals surface area (Å²) in [6.07, 6.45) is 0. The lowest BCUT2D eigenvalue weighted by atomic mass is 10.1. The Balaban J connectivity index is 1.97. The van der Waals surface area contributed by atoms with Gasteiger partial charge in [-0.1, -0.05) is 48.0 Å². The molecule has 0 bridgehead atoms. The first-order chi connectivity index (χ1) is 15.8. The number of rotatable bonds is 9. The van der Waals surface area contributed by atoms with Crippen molar-refractivity contribution in [2.24, 2.45) is 0 Å². The molecule has 3 rings (SSSR count). The summed E-state index contributed by atoms with van der Waals surface area (Å²) in [6.45, 7) is 3.41. The predicted octanol–water partition coefficient (Wildman–Crippen LogP) is 4.08. The largest absolute Gasteiger partial charge is 0.497 e. The number of methoxy groups -OCH3 is 2. The van der Waals surface area contributed by atoms with Crippen LogP contribution in [0.5, 0.6) is 11.5 Å². The third-order valence-electron chi connectivity index (χ3n) is 5.23. The van der Waals surface area contributed by atoms with E-state index in [1.165, 1.54) is 32.4 Å². The highest BCUT2D eigenvalue weighted by Crippen LogP contribution is 2.35. The molecule has 1 unspecified atom stereocenters. The third-order valence-corrected chi connectivity index (χ3v) is 7.00. The summed E-state index contributed by atoms with van der Waals surface area (Å²) in [5.74, 6) is 0.287. The van der Waals surface area contributed by atoms with Crippen molar-refractivity contribution < 1.29 is 22.7 Å². The molecule has 174 valence electrons. The van der Waals surface area contributed by atoms with Crippen LogP contribution in [0.3, 0.4) is 0 Å². The molecule has 0 aliphatic rings. The van der Waals surface area contributed by atoms with Gasteiger partial charge in [0.05, 0.1) is 30.8 Å². The molecule has 0 aliphatic carbocycles. The summed E-state index contributed by atoms with van der Waals surface area (Å²) in [7, 11) is -1.15. The molecule has 33 heavy (non-hydrogen) atoms. The Labute approximate surface area is 195 Å². The Morgan fingerprint density at radius 2 is 1.64 bits per heavy atom. The molecule has 7 nitrogen and oxygen atoms in total. The van der Waals surface area contributed by atoms with Gasteiger partial charge in [0.25, 0.3) is 10.0 Å². The lowest BCUT2D eigenvalue weighted by Crippen LogP contribution is -2.41. The van der Waals surface area contributed by atoms with Gasteiger partial charge in [0.2, 0.25) is 5.91 Å². The van der Waals surface area contributed by atoms with E-state index in [0.29, 0.717) is 11.5 Å². The molecule has 1 atom stereocenters. The maximum absolute atomic E-state index is 13.6. The number of anilines is 1. The van der Waals surface area contributed by atoms with Crippen molar-refractivity contribution in [2.75, 3.05) is 25.1 Å². The Morgan fingerprint density at radius 1 is 0.970 bits per heavy atom. The number of aryl methyl sites for hydroxylation is 1. The Morgan fingerprint density at radius 3 is 2.24 bits per heavy atom. The van der Waals surface area contributed by atoms with Gasteiger partial charge in [-0.05, 0) is 43.7 Å². The van der Waals surface area contributed by atoms with Crippen molar-refractivity contribution in [3.8, 4) is 11.5 Å². The first kappa shape index (κ1) is 24.1. The van der Waals surface area contributed by atoms with Gasteiger partial charge in [0.15, 0.2) is 0 Å². The van der Waals surface area contributed by atoms with Crippen molar-refractivity contribution in [1.29, 1.82) is 0 Å². The fraction of sp³-hybridized carbons (Fsp3) is 0.240. The Bertz CT molecular complexity index is 1200. The van der Waals surface area contributed by atoms with E-state index in [-0.39, 0.29) is 16.6 Å². The lowest BCUT2D eigenvalue weighted by molar-refractivity contribution is -0.120. The topological polar surface area (TPSA) is 84.9 Å². The number of nitrogens with zero attached hydrogens (tertiary/aromatic N) is 1. The lowest BCUT2D eigenvalue weighted by Gasteiger charge is -2.26. The summed E-state index contributed by atoms with van der Waals surface area (Å²) in [5.41, 5.74) is 2.24. The van der Waals surface area contributed by atoms with Crippen molar-refractivity contribution in [2.45, 2.75) is 24.8 Å². The van der Waals surface area contributed by atoms with E-state index in [0.717, 1.165) is 15.4 Å². The fourth-order valence-corrected chi connectivity index (χ4v) is 4.81. The number of benzene rings is 3. The van der Waals surface area contributed by atoms with Crippen LogP contribution < -0.4 is 19.1 Å². The van der Waals surface area contributed by atoms with Gasteiger partial charge < -0.3 is 14.8 Å². The third kappa shape index (κ3) is 5.64. The smallest absolute Gasteiger partial charge is 0.264 e. The summed E-state index contributed by atoms with van der Waals surface area (Å²) in [6, 6.07) is 20.3. The summed E-state index contributed by atoms with van der Waals surface area (Å²) < 4.78 is 38.9. The summed E-state index contributed by atoms with van der Waals surface area (Å²) >= 11 is 0. The molecule has 0 fully saturated rings. The highest BCUT2D eigenvalue weighted by atomic mass is 32.2. The van der Waals surface area contributed by atoms with Crippen molar-refractivity contribution in [3.05, 3.63) is 83.9 Å². The van der Waals surface area contributed by atoms with Crippen molar-refractivity contribution in [3.63, 3.8) is 0 Å². The number of sulfonamides is 1. The summed E-state index contributed by atoms with van der Waals surface area (Å²) in [5, 5.41) is 2.89. The minimum Gasteiger partial charge on any atom is -0.497 e. The number of hydrogen-bond donors (Lipinski definition) is 1. The van der Waals surface area contributed by atoms with E-state index >= 15 is 0 Å². The minimum absolute atomic E-state index is 0.0641. The maximum atomic E-state index is 13.6. The highest BCUT2D eigenvalue weighted by Gasteiger charge is 2.30. The van der Waals surface area contributed by atoms with Crippen LogP contribution in [-0.4, -0.2) is 35.1 Å². The van der Waals surface area contributed by atoms with Crippen LogP contribution in [0.25, 0.3) is 0 Å². The van der Waals surface area contributed by atoms with E-state index in [1.54, 1.807) is 30.3 Å². The molecule has 0 radical (unpaired) electrons. The number of hydrogen-bond acceptors (Lipinski definition) is 5. The van der Waals surface area contributed by atoms with Gasteiger partial charge in [0, 0.05) is 6.07 Å². The Kier molecular flexibility index (Phi) is 7.60. The van der Waals surface area contributed by atoms with E-state index < -0.39 is 22.5 Å². The van der Waals surface area contributed by atoms with Crippen LogP contribution in [0, 0.1) is 6.92 Å². The molecule has 0 saturated carbocycles. The normalized spacial score (nSPS) is 12.0. The molecule has 3 aromatic carbocycles. The zero-order valence-electron chi connectivity index (χ0n) is 19.1. The second-order valence-electron chi connectivity index (χ2n) is 7.56. The van der Waals surface area contributed by atoms with Gasteiger partial charge in [-0.2, -0.15) is 0 Å². The van der Waals surface area contributed by atoms with E-state index in [9.17, 15) is 13.2 Å². The van der Waals surface area contributed by atoms with Gasteiger partial charge >= 0.3 is 0 Å². The second kappa shape index (κ2) is 10.4. The molecular formula is C25H28N2O5S. The fourth-order valence-electron chi connectivity index (χ4n) is 3.37. The van der Waals surface area contributed by atoms with Crippen LogP contribution in [0.2, 0.25) is 0 Å². The zero-order valence-corrected chi connectivity index (χ0v) is 19.9. The standard InChI is InChI=1S/C25H28N2O5S/c1-18-10-12-20(13-11-18)19(2)26-25(28)17-27(33(29,30)22-8-6-5-7-9-22)23-16-21(31-3)14-15-24(23)32-4/h5-16,19H,17H2,1-4H3,(H,26,28). The predicted molar refractivity (Wildman–Crippen MR) is 128 cm³/mol. The molecule has 0 saturated heterocycles. The number of nitrogens with one attached hydrogen (secondary N) is 1. The van der Waals surface area contributed by atoms with Crippen molar-refractivity contribution >= 4 is 21.6 Å². The van der Waals surface area contributed by atoms with Gasteiger partial charge in [-0.25, -0.2) is 8.42 Å². The van der Waals surface area contributed by atoms with Gasteiger partial charge in [0.1, 0.15) is 18.0 Å². The molecule has 1 N–H and O–H groups in total. The highest BCUT2D eigenvalue weighted by molar-refractivity contribution is 7.92. The molecule has 3 aromatic rings. The first-order valence-electron chi connectivity index (χ1n) is 10.4. The molecule has 0 aliphatic heterocycles. The van der Waals surface area contributed by atoms with Crippen LogP contribution in [0.4, 0.5) is 5.69 Å². The zero-order chi connectivity index (χ0) is 24.0. The number of carbonyl (C=O) groups excluding carboxylic acids is 1. The molecule has 0 spiro atoms. The maximum Gasteiger partial charge on any atom is 0.264 e. The number of ether oxygens (including phenoxy) is 2. The number of amides is 1. The Hall–Kier alpha value is -3.52. The molecule has 0 heterocycles.